The summed E-state index contributed by atoms with van der Waals surface area (Å²) in [5, 5.41) is 20.3. The third-order valence-electron chi connectivity index (χ3n) is 7.60. The molecule has 0 fully saturated rings. The van der Waals surface area contributed by atoms with Crippen molar-refractivity contribution in [3.8, 4) is 34.4 Å². The van der Waals surface area contributed by atoms with Crippen molar-refractivity contribution < 1.29 is 19.0 Å². The SMILES string of the molecule is C=CCc1cc(-c2nc3cc(C(C)(C)c4ccc5oc(-c6ccc(O)c(CC=C)c6)nc5c4)ccc3o2)ccc1O. The van der Waals surface area contributed by atoms with Crippen molar-refractivity contribution in [2.45, 2.75) is 32.1 Å². The fraction of sp³-hybridized carbons (Fsp3) is 0.143. The van der Waals surface area contributed by atoms with E-state index < -0.39 is 0 Å². The van der Waals surface area contributed by atoms with Gasteiger partial charge in [0, 0.05) is 16.5 Å². The Morgan fingerprint density at radius 3 is 1.51 bits per heavy atom. The van der Waals surface area contributed by atoms with Gasteiger partial charge in [-0.3, -0.25) is 0 Å². The third-order valence-corrected chi connectivity index (χ3v) is 7.60. The third kappa shape index (κ3) is 4.78. The first kappa shape index (κ1) is 26.1. The quantitative estimate of drug-likeness (QED) is 0.187. The van der Waals surface area contributed by atoms with Crippen molar-refractivity contribution in [2.75, 3.05) is 0 Å². The highest BCUT2D eigenvalue weighted by Crippen LogP contribution is 2.37. The highest BCUT2D eigenvalue weighted by Gasteiger charge is 2.25. The molecule has 4 aromatic carbocycles. The molecule has 41 heavy (non-hydrogen) atoms. The van der Waals surface area contributed by atoms with Gasteiger partial charge in [-0.1, -0.05) is 38.1 Å². The monoisotopic (exact) mass is 542 g/mol. The zero-order valence-corrected chi connectivity index (χ0v) is 23.0. The van der Waals surface area contributed by atoms with E-state index >= 15 is 0 Å². The molecule has 0 aliphatic heterocycles. The molecule has 0 aliphatic rings. The molecule has 0 aliphatic carbocycles. The number of oxazole rings is 2. The normalized spacial score (nSPS) is 11.8. The molecule has 0 atom stereocenters. The summed E-state index contributed by atoms with van der Waals surface area (Å²) in [6.07, 6.45) is 4.62. The smallest absolute Gasteiger partial charge is 0.227 e. The van der Waals surface area contributed by atoms with Crippen LogP contribution in [-0.4, -0.2) is 20.2 Å². The van der Waals surface area contributed by atoms with Gasteiger partial charge in [0.15, 0.2) is 11.2 Å². The molecular formula is C35H30N2O4. The number of fused-ring (bicyclic) bond motifs is 2. The van der Waals surface area contributed by atoms with Crippen molar-refractivity contribution in [3.63, 3.8) is 0 Å². The summed E-state index contributed by atoms with van der Waals surface area (Å²) in [5.74, 6) is 1.46. The second-order valence-electron chi connectivity index (χ2n) is 10.7. The number of nitrogens with zero attached hydrogens (tertiary/aromatic N) is 2. The van der Waals surface area contributed by atoms with Crippen LogP contribution in [0.25, 0.3) is 45.1 Å². The van der Waals surface area contributed by atoms with E-state index in [0.29, 0.717) is 35.8 Å². The summed E-state index contributed by atoms with van der Waals surface area (Å²) in [4.78, 5) is 9.54. The van der Waals surface area contributed by atoms with Gasteiger partial charge >= 0.3 is 0 Å². The number of hydrogen-bond acceptors (Lipinski definition) is 6. The summed E-state index contributed by atoms with van der Waals surface area (Å²) >= 11 is 0. The lowest BCUT2D eigenvalue weighted by atomic mass is 9.78. The highest BCUT2D eigenvalue weighted by molar-refractivity contribution is 5.80. The number of benzene rings is 4. The summed E-state index contributed by atoms with van der Waals surface area (Å²) in [7, 11) is 0. The Morgan fingerprint density at radius 1 is 0.659 bits per heavy atom. The molecule has 0 radical (unpaired) electrons. The average molecular weight is 543 g/mol. The molecule has 6 rings (SSSR count). The summed E-state index contributed by atoms with van der Waals surface area (Å²) in [6, 6.07) is 22.8. The molecule has 6 nitrogen and oxygen atoms in total. The number of phenolic OH excluding ortho intramolecular Hbond substituents is 2. The van der Waals surface area contributed by atoms with Gasteiger partial charge in [-0.15, -0.1) is 13.2 Å². The van der Waals surface area contributed by atoms with Crippen LogP contribution in [0.2, 0.25) is 0 Å². The topological polar surface area (TPSA) is 92.5 Å². The average Bonchev–Trinajstić information content (AvgIpc) is 3.59. The van der Waals surface area contributed by atoms with Crippen LogP contribution in [0.15, 0.2) is 107 Å². The first-order chi connectivity index (χ1) is 19.8. The van der Waals surface area contributed by atoms with E-state index in [4.69, 9.17) is 18.8 Å². The van der Waals surface area contributed by atoms with Crippen molar-refractivity contribution in [3.05, 3.63) is 120 Å². The summed E-state index contributed by atoms with van der Waals surface area (Å²) in [6.45, 7) is 11.9. The van der Waals surface area contributed by atoms with Crippen LogP contribution < -0.4 is 0 Å². The van der Waals surface area contributed by atoms with Crippen LogP contribution in [0.5, 0.6) is 11.5 Å². The Labute approximate surface area is 237 Å². The highest BCUT2D eigenvalue weighted by atomic mass is 16.4. The zero-order chi connectivity index (χ0) is 28.7. The minimum absolute atomic E-state index is 0.227. The number of allylic oxidation sites excluding steroid dienone is 2. The van der Waals surface area contributed by atoms with E-state index in [2.05, 4.69) is 51.3 Å². The predicted molar refractivity (Wildman–Crippen MR) is 162 cm³/mol. The molecule has 204 valence electrons. The van der Waals surface area contributed by atoms with Gasteiger partial charge < -0.3 is 19.0 Å². The Bertz CT molecular complexity index is 1800. The maximum atomic E-state index is 10.1. The Morgan fingerprint density at radius 2 is 1.10 bits per heavy atom. The first-order valence-corrected chi connectivity index (χ1v) is 13.5. The van der Waals surface area contributed by atoms with E-state index in [9.17, 15) is 10.2 Å². The summed E-state index contributed by atoms with van der Waals surface area (Å²) < 4.78 is 12.1. The van der Waals surface area contributed by atoms with Crippen LogP contribution in [-0.2, 0) is 18.3 Å². The maximum Gasteiger partial charge on any atom is 0.227 e. The molecule has 0 spiro atoms. The fourth-order valence-electron chi connectivity index (χ4n) is 5.12. The molecule has 0 bridgehead atoms. The second-order valence-corrected chi connectivity index (χ2v) is 10.7. The molecule has 6 aromatic rings. The number of phenols is 2. The van der Waals surface area contributed by atoms with Crippen LogP contribution >= 0.6 is 0 Å². The number of aromatic nitrogens is 2. The van der Waals surface area contributed by atoms with Crippen LogP contribution in [0.1, 0.15) is 36.1 Å². The van der Waals surface area contributed by atoms with Crippen molar-refractivity contribution in [1.29, 1.82) is 0 Å². The first-order valence-electron chi connectivity index (χ1n) is 13.5. The molecule has 2 heterocycles. The molecular weight excluding hydrogens is 512 g/mol. The zero-order valence-electron chi connectivity index (χ0n) is 23.0. The minimum atomic E-state index is -0.355. The van der Waals surface area contributed by atoms with E-state index in [1.54, 1.807) is 36.4 Å². The van der Waals surface area contributed by atoms with Gasteiger partial charge in [-0.05, 0) is 95.8 Å². The van der Waals surface area contributed by atoms with Crippen molar-refractivity contribution in [2.24, 2.45) is 0 Å². The standard InChI is InChI=1S/C35H30N2O4/c1-5-7-21-17-23(9-13-29(21)38)33-36-27-19-25(11-15-31(27)40-33)35(3,4)26-12-16-32-28(20-26)37-34(41-32)24-10-14-30(39)22(18-24)8-6-2/h5-6,9-20,38-39H,1-2,7-8H2,3-4H3. The number of aromatic hydroxyl groups is 2. The van der Waals surface area contributed by atoms with Crippen molar-refractivity contribution in [1.82, 2.24) is 9.97 Å². The lowest BCUT2D eigenvalue weighted by Gasteiger charge is -2.26. The second kappa shape index (κ2) is 10.1. The van der Waals surface area contributed by atoms with E-state index in [-0.39, 0.29) is 16.9 Å². The maximum absolute atomic E-state index is 10.1. The molecule has 2 N–H and O–H groups in total. The minimum Gasteiger partial charge on any atom is -0.508 e. The molecule has 0 saturated heterocycles. The van der Waals surface area contributed by atoms with Gasteiger partial charge in [0.05, 0.1) is 0 Å². The van der Waals surface area contributed by atoms with Gasteiger partial charge in [-0.2, -0.15) is 0 Å². The van der Waals surface area contributed by atoms with Gasteiger partial charge in [-0.25, -0.2) is 9.97 Å². The number of rotatable bonds is 8. The molecule has 0 amide bonds. The van der Waals surface area contributed by atoms with Crippen LogP contribution in [0, 0.1) is 0 Å². The Hall–Kier alpha value is -5.10. The number of hydrogen-bond donors (Lipinski definition) is 2. The fourth-order valence-corrected chi connectivity index (χ4v) is 5.12. The predicted octanol–water partition coefficient (Wildman–Crippen LogP) is 8.50. The molecule has 0 unspecified atom stereocenters. The van der Waals surface area contributed by atoms with Gasteiger partial charge in [0.25, 0.3) is 0 Å². The lowest BCUT2D eigenvalue weighted by molar-refractivity contribution is 0.469. The molecule has 6 heteroatoms. The van der Waals surface area contributed by atoms with E-state index in [1.807, 2.05) is 24.3 Å². The van der Waals surface area contributed by atoms with E-state index in [1.165, 1.54) is 0 Å². The molecule has 2 aromatic heterocycles. The Balaban J connectivity index is 1.33. The van der Waals surface area contributed by atoms with Crippen LogP contribution in [0.4, 0.5) is 0 Å². The molecule has 0 saturated carbocycles. The lowest BCUT2D eigenvalue weighted by Crippen LogP contribution is -2.18. The van der Waals surface area contributed by atoms with Gasteiger partial charge in [0.1, 0.15) is 22.5 Å². The van der Waals surface area contributed by atoms with Crippen LogP contribution in [0.3, 0.4) is 0 Å². The van der Waals surface area contributed by atoms with E-state index in [0.717, 1.165) is 44.4 Å². The largest absolute Gasteiger partial charge is 0.508 e. The summed E-state index contributed by atoms with van der Waals surface area (Å²) in [5.41, 5.74) is 7.87. The van der Waals surface area contributed by atoms with Crippen molar-refractivity contribution >= 4 is 22.2 Å². The van der Waals surface area contributed by atoms with Gasteiger partial charge in [0.2, 0.25) is 11.8 Å². The Kier molecular flexibility index (Phi) is 6.46.